The van der Waals surface area contributed by atoms with Crippen molar-refractivity contribution in [3.05, 3.63) is 0 Å². The van der Waals surface area contributed by atoms with Gasteiger partial charge in [0.05, 0.1) is 0 Å². The van der Waals surface area contributed by atoms with Crippen LogP contribution in [0.25, 0.3) is 0 Å². The predicted molar refractivity (Wildman–Crippen MR) is 71.7 cm³/mol. The summed E-state index contributed by atoms with van der Waals surface area (Å²) in [6.45, 7) is 6.19. The Labute approximate surface area is 112 Å². The number of rotatable bonds is 6. The van der Waals surface area contributed by atoms with Gasteiger partial charge in [0, 0.05) is 5.75 Å². The summed E-state index contributed by atoms with van der Waals surface area (Å²) < 4.78 is 36.4. The van der Waals surface area contributed by atoms with Gasteiger partial charge in [0.2, 0.25) is 0 Å². The molecule has 1 fully saturated rings. The minimum atomic E-state index is -4.07. The molecule has 0 aliphatic heterocycles. The lowest BCUT2D eigenvalue weighted by Gasteiger charge is -2.35. The van der Waals surface area contributed by atoms with Crippen molar-refractivity contribution in [3.63, 3.8) is 0 Å². The topological polar surface area (TPSA) is 12.0 Å². The van der Waals surface area contributed by atoms with Crippen molar-refractivity contribution >= 4 is 11.8 Å². The number of nitrogens with one attached hydrogen (secondary N) is 1. The minimum absolute atomic E-state index is 0.134. The number of thioether (sulfide) groups is 1. The van der Waals surface area contributed by atoms with Gasteiger partial charge >= 0.3 is 5.51 Å². The van der Waals surface area contributed by atoms with Crippen LogP contribution in [0.15, 0.2) is 0 Å². The van der Waals surface area contributed by atoms with Crippen molar-refractivity contribution in [1.29, 1.82) is 0 Å². The summed E-state index contributed by atoms with van der Waals surface area (Å²) in [5.74, 6) is 1.91. The average molecular weight is 283 g/mol. The number of halogens is 3. The van der Waals surface area contributed by atoms with Crippen LogP contribution >= 0.6 is 11.8 Å². The highest BCUT2D eigenvalue weighted by Crippen LogP contribution is 2.38. The molecular formula is C13H24F3NS. The van der Waals surface area contributed by atoms with E-state index in [1.54, 1.807) is 0 Å². The molecule has 0 bridgehead atoms. The molecule has 3 atom stereocenters. The molecule has 1 N–H and O–H groups in total. The summed E-state index contributed by atoms with van der Waals surface area (Å²) in [5, 5.41) is 3.34. The molecule has 5 heteroatoms. The predicted octanol–water partition coefficient (Wildman–Crippen LogP) is 4.29. The zero-order chi connectivity index (χ0) is 13.6. The largest absolute Gasteiger partial charge is 0.441 e. The second kappa shape index (κ2) is 7.63. The lowest BCUT2D eigenvalue weighted by Crippen LogP contribution is -2.33. The van der Waals surface area contributed by atoms with Crippen molar-refractivity contribution in [3.8, 4) is 0 Å². The lowest BCUT2D eigenvalue weighted by molar-refractivity contribution is -0.0329. The van der Waals surface area contributed by atoms with E-state index in [-0.39, 0.29) is 17.5 Å². The van der Waals surface area contributed by atoms with Crippen molar-refractivity contribution in [2.75, 3.05) is 18.8 Å². The van der Waals surface area contributed by atoms with Crippen LogP contribution in [0.5, 0.6) is 0 Å². The highest BCUT2D eigenvalue weighted by Gasteiger charge is 2.31. The minimum Gasteiger partial charge on any atom is -0.317 e. The maximum atomic E-state index is 12.1. The first-order chi connectivity index (χ1) is 8.42. The Kier molecular flexibility index (Phi) is 6.85. The molecule has 1 saturated carbocycles. The van der Waals surface area contributed by atoms with Crippen molar-refractivity contribution in [1.82, 2.24) is 5.32 Å². The van der Waals surface area contributed by atoms with Gasteiger partial charge < -0.3 is 5.32 Å². The van der Waals surface area contributed by atoms with Gasteiger partial charge in [-0.1, -0.05) is 32.0 Å². The fourth-order valence-corrected chi connectivity index (χ4v) is 3.49. The molecule has 0 aromatic carbocycles. The van der Waals surface area contributed by atoms with Crippen molar-refractivity contribution < 1.29 is 13.2 Å². The van der Waals surface area contributed by atoms with Crippen LogP contribution < -0.4 is 5.32 Å². The Balaban J connectivity index is 2.36. The van der Waals surface area contributed by atoms with Gasteiger partial charge in [-0.05, 0) is 50.1 Å². The number of hydrogen-bond acceptors (Lipinski definition) is 2. The first-order valence-corrected chi connectivity index (χ1v) is 7.82. The van der Waals surface area contributed by atoms with Crippen LogP contribution in [-0.4, -0.2) is 24.4 Å². The molecule has 1 nitrogen and oxygen atoms in total. The molecule has 0 spiro atoms. The Bertz CT molecular complexity index is 231. The second-order valence-electron chi connectivity index (χ2n) is 5.33. The molecule has 1 rings (SSSR count). The summed E-state index contributed by atoms with van der Waals surface area (Å²) in [6, 6.07) is 0. The Hall–Kier alpha value is 0.100. The van der Waals surface area contributed by atoms with Gasteiger partial charge in [0.15, 0.2) is 0 Å². The van der Waals surface area contributed by atoms with E-state index in [2.05, 4.69) is 19.2 Å². The molecule has 18 heavy (non-hydrogen) atoms. The summed E-state index contributed by atoms with van der Waals surface area (Å²) in [4.78, 5) is 0. The smallest absolute Gasteiger partial charge is 0.317 e. The van der Waals surface area contributed by atoms with Gasteiger partial charge in [-0.25, -0.2) is 0 Å². The molecule has 0 aromatic rings. The maximum absolute atomic E-state index is 12.1. The molecule has 108 valence electrons. The van der Waals surface area contributed by atoms with Gasteiger partial charge in [-0.15, -0.1) is 0 Å². The Morgan fingerprint density at radius 3 is 2.56 bits per heavy atom. The van der Waals surface area contributed by atoms with Crippen LogP contribution in [0.1, 0.15) is 39.5 Å². The molecule has 3 unspecified atom stereocenters. The molecule has 0 radical (unpaired) electrons. The van der Waals surface area contributed by atoms with Crippen LogP contribution in [0.4, 0.5) is 13.2 Å². The SMILES string of the molecule is CCNCC1CCC(C)CC1CCSC(F)(F)F. The monoisotopic (exact) mass is 283 g/mol. The zero-order valence-electron chi connectivity index (χ0n) is 11.2. The zero-order valence-corrected chi connectivity index (χ0v) is 12.0. The molecule has 0 aromatic heterocycles. The van der Waals surface area contributed by atoms with E-state index in [0.717, 1.165) is 25.9 Å². The maximum Gasteiger partial charge on any atom is 0.441 e. The summed E-state index contributed by atoms with van der Waals surface area (Å²) >= 11 is 0.134. The highest BCUT2D eigenvalue weighted by atomic mass is 32.2. The van der Waals surface area contributed by atoms with Gasteiger partial charge in [-0.2, -0.15) is 13.2 Å². The summed E-state index contributed by atoms with van der Waals surface area (Å²) in [7, 11) is 0. The molecule has 1 aliphatic rings. The standard InChI is InChI=1S/C13H24F3NS/c1-3-17-9-12-5-4-10(2)8-11(12)6-7-18-13(14,15)16/h10-12,17H,3-9H2,1-2H3. The Morgan fingerprint density at radius 1 is 1.22 bits per heavy atom. The fraction of sp³-hybridized carbons (Fsp3) is 1.00. The van der Waals surface area contributed by atoms with Crippen LogP contribution in [0, 0.1) is 17.8 Å². The van der Waals surface area contributed by atoms with Crippen molar-refractivity contribution in [2.45, 2.75) is 45.0 Å². The lowest BCUT2D eigenvalue weighted by atomic mass is 9.73. The van der Waals surface area contributed by atoms with Crippen LogP contribution in [0.3, 0.4) is 0 Å². The van der Waals surface area contributed by atoms with Gasteiger partial charge in [0.25, 0.3) is 0 Å². The molecule has 0 amide bonds. The number of hydrogen-bond donors (Lipinski definition) is 1. The van der Waals surface area contributed by atoms with E-state index in [1.165, 1.54) is 6.42 Å². The first-order valence-electron chi connectivity index (χ1n) is 6.83. The summed E-state index contributed by atoms with van der Waals surface area (Å²) in [5.41, 5.74) is -4.07. The fourth-order valence-electron chi connectivity index (χ4n) is 2.84. The van der Waals surface area contributed by atoms with E-state index < -0.39 is 5.51 Å². The van der Waals surface area contributed by atoms with E-state index >= 15 is 0 Å². The second-order valence-corrected chi connectivity index (χ2v) is 6.49. The number of alkyl halides is 3. The van der Waals surface area contributed by atoms with Crippen molar-refractivity contribution in [2.24, 2.45) is 17.8 Å². The van der Waals surface area contributed by atoms with E-state index in [1.807, 2.05) is 0 Å². The van der Waals surface area contributed by atoms with Crippen LogP contribution in [0.2, 0.25) is 0 Å². The van der Waals surface area contributed by atoms with E-state index in [0.29, 0.717) is 24.2 Å². The van der Waals surface area contributed by atoms with Gasteiger partial charge in [0.1, 0.15) is 0 Å². The third-order valence-electron chi connectivity index (χ3n) is 3.81. The third-order valence-corrected chi connectivity index (χ3v) is 4.58. The van der Waals surface area contributed by atoms with Gasteiger partial charge in [-0.3, -0.25) is 0 Å². The molecule has 0 saturated heterocycles. The first kappa shape index (κ1) is 16.2. The molecule has 1 aliphatic carbocycles. The van der Waals surface area contributed by atoms with E-state index in [4.69, 9.17) is 0 Å². The average Bonchev–Trinajstić information content (AvgIpc) is 2.26. The highest BCUT2D eigenvalue weighted by molar-refractivity contribution is 8.00. The quantitative estimate of drug-likeness (QED) is 0.780. The van der Waals surface area contributed by atoms with E-state index in [9.17, 15) is 13.2 Å². The summed E-state index contributed by atoms with van der Waals surface area (Å²) in [6.07, 6.45) is 4.17. The molecule has 0 heterocycles. The third kappa shape index (κ3) is 6.32. The van der Waals surface area contributed by atoms with Crippen LogP contribution in [-0.2, 0) is 0 Å². The Morgan fingerprint density at radius 2 is 1.94 bits per heavy atom. The normalized spacial score (nSPS) is 29.5. The molecular weight excluding hydrogens is 259 g/mol.